The van der Waals surface area contributed by atoms with Gasteiger partial charge in [0.2, 0.25) is 10.0 Å². The molecular formula is C20H25N3O4S. The van der Waals surface area contributed by atoms with Gasteiger partial charge in [0.1, 0.15) is 0 Å². The van der Waals surface area contributed by atoms with E-state index in [1.807, 2.05) is 38.1 Å². The smallest absolute Gasteiger partial charge is 0.269 e. The summed E-state index contributed by atoms with van der Waals surface area (Å²) in [6, 6.07) is 13.9. The molecule has 2 aromatic carbocycles. The lowest BCUT2D eigenvalue weighted by Crippen LogP contribution is -2.42. The molecule has 1 aliphatic heterocycles. The van der Waals surface area contributed by atoms with Gasteiger partial charge >= 0.3 is 0 Å². The molecule has 0 bridgehead atoms. The van der Waals surface area contributed by atoms with Crippen molar-refractivity contribution in [2.24, 2.45) is 0 Å². The predicted molar refractivity (Wildman–Crippen MR) is 108 cm³/mol. The Kier molecular flexibility index (Phi) is 6.33. The van der Waals surface area contributed by atoms with E-state index in [-0.39, 0.29) is 10.8 Å². The van der Waals surface area contributed by atoms with Crippen LogP contribution in [-0.4, -0.2) is 51.5 Å². The molecule has 1 amide bonds. The number of hydrogen-bond acceptors (Lipinski definition) is 5. The molecule has 0 radical (unpaired) electrons. The first kappa shape index (κ1) is 20.3. The molecule has 0 saturated carbocycles. The average Bonchev–Trinajstić information content (AvgIpc) is 2.73. The number of rotatable bonds is 6. The minimum Gasteiger partial charge on any atom is -0.379 e. The molecule has 1 fully saturated rings. The zero-order chi connectivity index (χ0) is 20.1. The Bertz CT molecular complexity index is 905. The largest absolute Gasteiger partial charge is 0.379 e. The Morgan fingerprint density at radius 3 is 2.25 bits per heavy atom. The second-order valence-corrected chi connectivity index (χ2v) is 8.50. The molecule has 1 aliphatic rings. The SMILES string of the molecule is CCN(NC(=O)c1ccc(S(=O)(=O)N2CCOCC2)cc1)c1ccc(C)cc1. The number of amides is 1. The Hall–Kier alpha value is -2.42. The Balaban J connectivity index is 1.71. The topological polar surface area (TPSA) is 79.0 Å². The number of hydrazine groups is 1. The van der Waals surface area contributed by atoms with E-state index >= 15 is 0 Å². The van der Waals surface area contributed by atoms with Gasteiger partial charge in [0.15, 0.2) is 0 Å². The summed E-state index contributed by atoms with van der Waals surface area (Å²) in [5, 5.41) is 1.75. The molecule has 0 spiro atoms. The molecule has 1 heterocycles. The number of carbonyl (C=O) groups excluding carboxylic acids is 1. The number of aryl methyl sites for hydroxylation is 1. The summed E-state index contributed by atoms with van der Waals surface area (Å²) in [7, 11) is -3.57. The molecule has 2 aromatic rings. The van der Waals surface area contributed by atoms with Gasteiger partial charge in [-0.15, -0.1) is 0 Å². The zero-order valence-electron chi connectivity index (χ0n) is 16.1. The molecule has 1 N–H and O–H groups in total. The van der Waals surface area contributed by atoms with Crippen LogP contribution in [0.25, 0.3) is 0 Å². The van der Waals surface area contributed by atoms with Crippen molar-refractivity contribution in [2.45, 2.75) is 18.7 Å². The van der Waals surface area contributed by atoms with Crippen LogP contribution in [0.1, 0.15) is 22.8 Å². The number of sulfonamides is 1. The van der Waals surface area contributed by atoms with E-state index in [0.29, 0.717) is 38.4 Å². The van der Waals surface area contributed by atoms with Crippen molar-refractivity contribution < 1.29 is 17.9 Å². The molecule has 28 heavy (non-hydrogen) atoms. The average molecular weight is 404 g/mol. The van der Waals surface area contributed by atoms with Crippen molar-refractivity contribution in [3.8, 4) is 0 Å². The summed E-state index contributed by atoms with van der Waals surface area (Å²) < 4.78 is 31.9. The highest BCUT2D eigenvalue weighted by Gasteiger charge is 2.26. The summed E-state index contributed by atoms with van der Waals surface area (Å²) >= 11 is 0. The lowest BCUT2D eigenvalue weighted by molar-refractivity contribution is 0.0730. The predicted octanol–water partition coefficient (Wildman–Crippen LogP) is 2.19. The summed E-state index contributed by atoms with van der Waals surface area (Å²) in [6.45, 7) is 6.01. The van der Waals surface area contributed by atoms with E-state index in [9.17, 15) is 13.2 Å². The third-order valence-corrected chi connectivity index (χ3v) is 6.54. The van der Waals surface area contributed by atoms with Crippen LogP contribution < -0.4 is 10.4 Å². The monoisotopic (exact) mass is 403 g/mol. The zero-order valence-corrected chi connectivity index (χ0v) is 16.9. The summed E-state index contributed by atoms with van der Waals surface area (Å²) in [5.41, 5.74) is 5.28. The number of ether oxygens (including phenoxy) is 1. The Morgan fingerprint density at radius 2 is 1.68 bits per heavy atom. The fourth-order valence-corrected chi connectivity index (χ4v) is 4.36. The second-order valence-electron chi connectivity index (χ2n) is 6.56. The maximum atomic E-state index is 12.7. The number of anilines is 1. The maximum Gasteiger partial charge on any atom is 0.269 e. The quantitative estimate of drug-likeness (QED) is 0.748. The molecule has 150 valence electrons. The molecule has 8 heteroatoms. The highest BCUT2D eigenvalue weighted by Crippen LogP contribution is 2.18. The van der Waals surface area contributed by atoms with Gasteiger partial charge < -0.3 is 4.74 Å². The first-order valence-electron chi connectivity index (χ1n) is 9.25. The summed E-state index contributed by atoms with van der Waals surface area (Å²) in [4.78, 5) is 12.8. The maximum absolute atomic E-state index is 12.7. The lowest BCUT2D eigenvalue weighted by Gasteiger charge is -2.26. The van der Waals surface area contributed by atoms with E-state index < -0.39 is 10.0 Å². The molecule has 0 unspecified atom stereocenters. The molecule has 0 aromatic heterocycles. The van der Waals surface area contributed by atoms with Crippen molar-refractivity contribution in [3.63, 3.8) is 0 Å². The standard InChI is InChI=1S/C20H25N3O4S/c1-3-23(18-8-4-16(2)5-9-18)21-20(24)17-6-10-19(11-7-17)28(25,26)22-12-14-27-15-13-22/h4-11H,3,12-15H2,1-2H3,(H,21,24). The summed E-state index contributed by atoms with van der Waals surface area (Å²) in [5.74, 6) is -0.294. The minimum absolute atomic E-state index is 0.178. The first-order valence-corrected chi connectivity index (χ1v) is 10.7. The molecule has 0 aliphatic carbocycles. The molecule has 3 rings (SSSR count). The van der Waals surface area contributed by atoms with Crippen LogP contribution in [0.15, 0.2) is 53.4 Å². The van der Waals surface area contributed by atoms with Gasteiger partial charge in [0.05, 0.1) is 23.8 Å². The van der Waals surface area contributed by atoms with E-state index in [2.05, 4.69) is 5.43 Å². The van der Waals surface area contributed by atoms with Gasteiger partial charge in [-0.3, -0.25) is 15.2 Å². The Morgan fingerprint density at radius 1 is 1.07 bits per heavy atom. The van der Waals surface area contributed by atoms with Crippen molar-refractivity contribution in [1.29, 1.82) is 0 Å². The number of nitrogens with one attached hydrogen (secondary N) is 1. The van der Waals surface area contributed by atoms with Crippen LogP contribution in [0.4, 0.5) is 5.69 Å². The fraction of sp³-hybridized carbons (Fsp3) is 0.350. The Labute approximate surface area is 165 Å². The van der Waals surface area contributed by atoms with Crippen LogP contribution in [-0.2, 0) is 14.8 Å². The molecular weight excluding hydrogens is 378 g/mol. The molecule has 0 atom stereocenters. The number of nitrogens with zero attached hydrogens (tertiary/aromatic N) is 2. The van der Waals surface area contributed by atoms with Crippen LogP contribution >= 0.6 is 0 Å². The number of morpholine rings is 1. The van der Waals surface area contributed by atoms with Crippen LogP contribution in [0, 0.1) is 6.92 Å². The fourth-order valence-electron chi connectivity index (χ4n) is 2.95. The van der Waals surface area contributed by atoms with Crippen LogP contribution in [0.5, 0.6) is 0 Å². The van der Waals surface area contributed by atoms with Crippen molar-refractivity contribution >= 4 is 21.6 Å². The third-order valence-electron chi connectivity index (χ3n) is 4.62. The highest BCUT2D eigenvalue weighted by atomic mass is 32.2. The normalized spacial score (nSPS) is 15.2. The molecule has 7 nitrogen and oxygen atoms in total. The van der Waals surface area contributed by atoms with Gasteiger partial charge in [-0.05, 0) is 50.2 Å². The number of carbonyl (C=O) groups is 1. The van der Waals surface area contributed by atoms with Crippen molar-refractivity contribution in [1.82, 2.24) is 9.73 Å². The summed E-state index contributed by atoms with van der Waals surface area (Å²) in [6.07, 6.45) is 0. The van der Waals surface area contributed by atoms with Crippen LogP contribution in [0.3, 0.4) is 0 Å². The van der Waals surface area contributed by atoms with Gasteiger partial charge in [-0.25, -0.2) is 8.42 Å². The second kappa shape index (κ2) is 8.72. The first-order chi connectivity index (χ1) is 13.4. The molecule has 1 saturated heterocycles. The highest BCUT2D eigenvalue weighted by molar-refractivity contribution is 7.89. The lowest BCUT2D eigenvalue weighted by atomic mass is 10.2. The van der Waals surface area contributed by atoms with E-state index in [1.54, 1.807) is 5.01 Å². The van der Waals surface area contributed by atoms with Gasteiger partial charge in [-0.1, -0.05) is 17.7 Å². The van der Waals surface area contributed by atoms with Gasteiger partial charge in [0.25, 0.3) is 5.91 Å². The van der Waals surface area contributed by atoms with E-state index in [4.69, 9.17) is 4.74 Å². The minimum atomic E-state index is -3.57. The van der Waals surface area contributed by atoms with Gasteiger partial charge in [-0.2, -0.15) is 4.31 Å². The van der Waals surface area contributed by atoms with Crippen LogP contribution in [0.2, 0.25) is 0 Å². The number of benzene rings is 2. The van der Waals surface area contributed by atoms with E-state index in [1.165, 1.54) is 28.6 Å². The van der Waals surface area contributed by atoms with Crippen molar-refractivity contribution in [3.05, 3.63) is 59.7 Å². The van der Waals surface area contributed by atoms with E-state index in [0.717, 1.165) is 11.3 Å². The van der Waals surface area contributed by atoms with Gasteiger partial charge in [0, 0.05) is 25.2 Å². The number of hydrogen-bond donors (Lipinski definition) is 1. The van der Waals surface area contributed by atoms with Crippen molar-refractivity contribution in [2.75, 3.05) is 37.9 Å². The third kappa shape index (κ3) is 4.52.